The van der Waals surface area contributed by atoms with Crippen molar-refractivity contribution in [2.24, 2.45) is 0 Å². The zero-order valence-electron chi connectivity index (χ0n) is 9.88. The van der Waals surface area contributed by atoms with E-state index < -0.39 is 11.7 Å². The molecule has 0 nitrogen and oxygen atoms in total. The van der Waals surface area contributed by atoms with Crippen LogP contribution in [0.3, 0.4) is 0 Å². The van der Waals surface area contributed by atoms with Crippen LogP contribution in [-0.4, -0.2) is 0 Å². The van der Waals surface area contributed by atoms with E-state index in [1.807, 2.05) is 19.1 Å². The molecule has 1 radical (unpaired) electrons. The third-order valence-electron chi connectivity index (χ3n) is 2.80. The summed E-state index contributed by atoms with van der Waals surface area (Å²) in [6.07, 6.45) is -3.38. The number of alkyl halides is 3. The quantitative estimate of drug-likeness (QED) is 0.721. The standard InChI is InChI=1S/C15H12F3/c1-2-11-3-5-12(6-4-11)13-7-9-14(10-8-13)15(16,17)18/h3,5-10H,2H2,1H3. The summed E-state index contributed by atoms with van der Waals surface area (Å²) in [5.74, 6) is 0. The summed E-state index contributed by atoms with van der Waals surface area (Å²) in [5, 5.41) is 0. The molecular formula is C15H12F3. The molecule has 0 amide bonds. The van der Waals surface area contributed by atoms with Gasteiger partial charge in [-0.3, -0.25) is 0 Å². The zero-order chi connectivity index (χ0) is 13.2. The third kappa shape index (κ3) is 2.73. The van der Waals surface area contributed by atoms with E-state index in [0.29, 0.717) is 0 Å². The maximum Gasteiger partial charge on any atom is 0.416 e. The number of halogens is 3. The van der Waals surface area contributed by atoms with E-state index in [9.17, 15) is 13.2 Å². The van der Waals surface area contributed by atoms with Gasteiger partial charge in [0.05, 0.1) is 5.56 Å². The zero-order valence-corrected chi connectivity index (χ0v) is 9.88. The van der Waals surface area contributed by atoms with E-state index in [2.05, 4.69) is 6.07 Å². The van der Waals surface area contributed by atoms with Crippen LogP contribution in [0.2, 0.25) is 0 Å². The predicted octanol–water partition coefficient (Wildman–Crippen LogP) is 4.73. The van der Waals surface area contributed by atoms with E-state index in [1.54, 1.807) is 6.07 Å². The summed E-state index contributed by atoms with van der Waals surface area (Å²) in [6, 6.07) is 13.9. The van der Waals surface area contributed by atoms with Crippen LogP contribution < -0.4 is 0 Å². The smallest absolute Gasteiger partial charge is 0.166 e. The lowest BCUT2D eigenvalue weighted by Crippen LogP contribution is -2.03. The molecule has 93 valence electrons. The highest BCUT2D eigenvalue weighted by atomic mass is 19.4. The van der Waals surface area contributed by atoms with Crippen LogP contribution in [0, 0.1) is 6.07 Å². The Morgan fingerprint density at radius 2 is 1.56 bits per heavy atom. The first-order chi connectivity index (χ1) is 8.50. The van der Waals surface area contributed by atoms with Crippen molar-refractivity contribution in [2.45, 2.75) is 19.5 Å². The summed E-state index contributed by atoms with van der Waals surface area (Å²) in [6.45, 7) is 2.03. The summed E-state index contributed by atoms with van der Waals surface area (Å²) < 4.78 is 37.2. The molecular weight excluding hydrogens is 237 g/mol. The van der Waals surface area contributed by atoms with E-state index in [0.717, 1.165) is 35.2 Å². The van der Waals surface area contributed by atoms with Gasteiger partial charge >= 0.3 is 6.18 Å². The molecule has 0 aliphatic carbocycles. The summed E-state index contributed by atoms with van der Waals surface area (Å²) >= 11 is 0. The third-order valence-corrected chi connectivity index (χ3v) is 2.80. The van der Waals surface area contributed by atoms with Crippen LogP contribution in [0.15, 0.2) is 42.5 Å². The maximum atomic E-state index is 12.4. The molecule has 3 heteroatoms. The Labute approximate surface area is 104 Å². The molecule has 0 aliphatic heterocycles. The molecule has 2 rings (SSSR count). The van der Waals surface area contributed by atoms with Crippen molar-refractivity contribution in [1.82, 2.24) is 0 Å². The van der Waals surface area contributed by atoms with Crippen molar-refractivity contribution >= 4 is 0 Å². The minimum absolute atomic E-state index is 0.625. The van der Waals surface area contributed by atoms with Gasteiger partial charge < -0.3 is 0 Å². The van der Waals surface area contributed by atoms with Gasteiger partial charge in [0.2, 0.25) is 0 Å². The van der Waals surface area contributed by atoms with Gasteiger partial charge in [-0.1, -0.05) is 31.2 Å². The van der Waals surface area contributed by atoms with E-state index in [-0.39, 0.29) is 0 Å². The van der Waals surface area contributed by atoms with Crippen molar-refractivity contribution in [3.63, 3.8) is 0 Å². The van der Waals surface area contributed by atoms with Crippen molar-refractivity contribution < 1.29 is 13.2 Å². The van der Waals surface area contributed by atoms with Crippen LogP contribution in [0.4, 0.5) is 13.2 Å². The topological polar surface area (TPSA) is 0 Å². The Morgan fingerprint density at radius 3 is 2.00 bits per heavy atom. The first-order valence-electron chi connectivity index (χ1n) is 5.69. The highest BCUT2D eigenvalue weighted by Gasteiger charge is 2.29. The molecule has 0 aliphatic rings. The van der Waals surface area contributed by atoms with Gasteiger partial charge in [-0.25, -0.2) is 0 Å². The van der Waals surface area contributed by atoms with Gasteiger partial charge in [-0.05, 0) is 47.4 Å². The van der Waals surface area contributed by atoms with E-state index in [4.69, 9.17) is 0 Å². The van der Waals surface area contributed by atoms with Crippen LogP contribution >= 0.6 is 0 Å². The lowest BCUT2D eigenvalue weighted by Gasteiger charge is -2.08. The summed E-state index contributed by atoms with van der Waals surface area (Å²) in [5.41, 5.74) is 2.11. The van der Waals surface area contributed by atoms with Crippen molar-refractivity contribution in [1.29, 1.82) is 0 Å². The normalized spacial score (nSPS) is 11.6. The Hall–Kier alpha value is -1.77. The van der Waals surface area contributed by atoms with Gasteiger partial charge in [0.15, 0.2) is 0 Å². The fraction of sp³-hybridized carbons (Fsp3) is 0.200. The van der Waals surface area contributed by atoms with Crippen LogP contribution in [0.5, 0.6) is 0 Å². The Kier molecular flexibility index (Phi) is 3.41. The lowest BCUT2D eigenvalue weighted by atomic mass is 10.0. The molecule has 0 bridgehead atoms. The number of rotatable bonds is 2. The Morgan fingerprint density at radius 1 is 0.944 bits per heavy atom. The van der Waals surface area contributed by atoms with Gasteiger partial charge in [0.25, 0.3) is 0 Å². The van der Waals surface area contributed by atoms with Crippen molar-refractivity contribution in [3.8, 4) is 11.1 Å². The molecule has 2 aromatic carbocycles. The minimum atomic E-state index is -4.28. The molecule has 0 saturated heterocycles. The second kappa shape index (κ2) is 4.84. The number of hydrogen-bond donors (Lipinski definition) is 0. The minimum Gasteiger partial charge on any atom is -0.166 e. The number of aryl methyl sites for hydroxylation is 1. The highest BCUT2D eigenvalue weighted by Crippen LogP contribution is 2.30. The van der Waals surface area contributed by atoms with Crippen LogP contribution in [-0.2, 0) is 12.6 Å². The molecule has 0 fully saturated rings. The molecule has 0 saturated carbocycles. The largest absolute Gasteiger partial charge is 0.416 e. The van der Waals surface area contributed by atoms with E-state index >= 15 is 0 Å². The molecule has 0 spiro atoms. The molecule has 18 heavy (non-hydrogen) atoms. The fourth-order valence-electron chi connectivity index (χ4n) is 1.71. The van der Waals surface area contributed by atoms with Crippen molar-refractivity contribution in [2.75, 3.05) is 0 Å². The van der Waals surface area contributed by atoms with Crippen molar-refractivity contribution in [3.05, 3.63) is 59.7 Å². The fourth-order valence-corrected chi connectivity index (χ4v) is 1.71. The predicted molar refractivity (Wildman–Crippen MR) is 65.1 cm³/mol. The second-order valence-electron chi connectivity index (χ2n) is 4.03. The van der Waals surface area contributed by atoms with Crippen LogP contribution in [0.25, 0.3) is 11.1 Å². The van der Waals surface area contributed by atoms with E-state index in [1.165, 1.54) is 12.1 Å². The average Bonchev–Trinajstić information content (AvgIpc) is 2.38. The first kappa shape index (κ1) is 12.7. The summed E-state index contributed by atoms with van der Waals surface area (Å²) in [4.78, 5) is 0. The highest BCUT2D eigenvalue weighted by molar-refractivity contribution is 5.63. The average molecular weight is 249 g/mol. The Bertz CT molecular complexity index is 507. The van der Waals surface area contributed by atoms with Gasteiger partial charge in [0.1, 0.15) is 0 Å². The first-order valence-corrected chi connectivity index (χ1v) is 5.69. The lowest BCUT2D eigenvalue weighted by molar-refractivity contribution is -0.137. The molecule has 0 aromatic heterocycles. The SMILES string of the molecule is CCc1[c]cc(-c2ccc(C(F)(F)F)cc2)cc1. The second-order valence-corrected chi connectivity index (χ2v) is 4.03. The van der Waals surface area contributed by atoms with Gasteiger partial charge in [-0.2, -0.15) is 13.2 Å². The maximum absolute atomic E-state index is 12.4. The molecule has 0 unspecified atom stereocenters. The number of hydrogen-bond acceptors (Lipinski definition) is 0. The number of benzene rings is 2. The van der Waals surface area contributed by atoms with Crippen LogP contribution in [0.1, 0.15) is 18.1 Å². The van der Waals surface area contributed by atoms with Gasteiger partial charge in [0, 0.05) is 0 Å². The molecule has 0 N–H and O–H groups in total. The Balaban J connectivity index is 2.28. The molecule has 2 aromatic rings. The van der Waals surface area contributed by atoms with Gasteiger partial charge in [-0.15, -0.1) is 0 Å². The summed E-state index contributed by atoms with van der Waals surface area (Å²) in [7, 11) is 0. The molecule has 0 heterocycles. The monoisotopic (exact) mass is 249 g/mol. The molecule has 0 atom stereocenters.